The molecule has 0 spiro atoms. The van der Waals surface area contributed by atoms with Crippen molar-refractivity contribution in [2.24, 2.45) is 17.8 Å². The first kappa shape index (κ1) is 31.5. The van der Waals surface area contributed by atoms with E-state index in [0.29, 0.717) is 11.1 Å². The Kier molecular flexibility index (Phi) is 7.77. The number of benzene rings is 2. The number of alkyl halides is 2. The molecule has 2 aliphatic carbocycles. The van der Waals surface area contributed by atoms with Crippen LogP contribution < -0.4 is 9.64 Å². The molecule has 2 aliphatic heterocycles. The van der Waals surface area contributed by atoms with E-state index in [0.717, 1.165) is 21.9 Å². The minimum absolute atomic E-state index is 0.0418. The van der Waals surface area contributed by atoms with Crippen molar-refractivity contribution in [2.45, 2.75) is 41.3 Å². The van der Waals surface area contributed by atoms with Crippen LogP contribution in [-0.4, -0.2) is 68.1 Å². The van der Waals surface area contributed by atoms with Crippen LogP contribution in [0.2, 0.25) is 0 Å². The van der Waals surface area contributed by atoms with E-state index < -0.39 is 68.8 Å². The third-order valence-corrected chi connectivity index (χ3v) is 11.4. The van der Waals surface area contributed by atoms with Crippen LogP contribution in [0.5, 0.6) is 11.5 Å². The zero-order chi connectivity index (χ0) is 32.6. The lowest BCUT2D eigenvalue weighted by Crippen LogP contribution is -2.60. The first-order valence-electron chi connectivity index (χ1n) is 14.1. The predicted octanol–water partition coefficient (Wildman–Crippen LogP) is 4.73. The fourth-order valence-electron chi connectivity index (χ4n) is 7.36. The molecule has 0 unspecified atom stereocenters. The number of allylic oxidation sites excluding steroid dienone is 2. The molecule has 6 atom stereocenters. The number of fused-ring (bicyclic) bond motifs is 4. The van der Waals surface area contributed by atoms with Gasteiger partial charge in [0.2, 0.25) is 11.8 Å². The molecule has 4 aliphatic rings. The molecule has 2 aromatic rings. The first-order valence-corrected chi connectivity index (χ1v) is 15.7. The van der Waals surface area contributed by atoms with Gasteiger partial charge in [-0.15, -0.1) is 23.2 Å². The molecule has 45 heavy (non-hydrogen) atoms. The number of hydrogen-bond donors (Lipinski definition) is 2. The maximum Gasteiger partial charge on any atom is 0.303 e. The highest BCUT2D eigenvalue weighted by Gasteiger charge is 2.76. The Balaban J connectivity index is 1.51. The fourth-order valence-corrected chi connectivity index (χ4v) is 8.76. The highest BCUT2D eigenvalue weighted by molar-refractivity contribution is 9.10. The van der Waals surface area contributed by atoms with E-state index in [2.05, 4.69) is 15.9 Å². The van der Waals surface area contributed by atoms with Gasteiger partial charge in [-0.05, 0) is 83.1 Å². The van der Waals surface area contributed by atoms with Crippen molar-refractivity contribution < 1.29 is 43.3 Å². The maximum atomic E-state index is 14.4. The van der Waals surface area contributed by atoms with Gasteiger partial charge >= 0.3 is 5.97 Å². The summed E-state index contributed by atoms with van der Waals surface area (Å²) in [5.41, 5.74) is 0.927. The van der Waals surface area contributed by atoms with E-state index in [4.69, 9.17) is 33.0 Å². The Labute approximate surface area is 274 Å². The topological polar surface area (TPSA) is 142 Å². The normalized spacial score (nSPS) is 30.6. The predicted molar refractivity (Wildman–Crippen MR) is 163 cm³/mol. The number of phenolic OH excluding ortho intramolecular Hbond substituents is 1. The quantitative estimate of drug-likeness (QED) is 0.237. The number of hydrogen-bond acceptors (Lipinski definition) is 7. The number of carboxylic acid groups (broad SMARTS) is 1. The number of phenols is 1. The van der Waals surface area contributed by atoms with Gasteiger partial charge in [0.1, 0.15) is 5.82 Å². The Bertz CT molecular complexity index is 1700. The number of aliphatic carboxylic acids is 1. The average Bonchev–Trinajstić information content (AvgIpc) is 3.32. The van der Waals surface area contributed by atoms with Crippen molar-refractivity contribution in [3.05, 3.63) is 63.9 Å². The third kappa shape index (κ3) is 4.51. The Hall–Kier alpha value is -3.48. The van der Waals surface area contributed by atoms with Gasteiger partial charge in [-0.25, -0.2) is 9.29 Å². The number of carbonyl (C=O) groups is 5. The molecule has 2 N–H and O–H groups in total. The monoisotopic (exact) mass is 722 g/mol. The van der Waals surface area contributed by atoms with Crippen molar-refractivity contribution in [1.82, 2.24) is 4.90 Å². The number of aromatic hydroxyl groups is 1. The number of carboxylic acids is 1. The molecule has 0 radical (unpaired) electrons. The molecule has 2 aromatic carbocycles. The second-order valence-corrected chi connectivity index (χ2v) is 13.7. The summed E-state index contributed by atoms with van der Waals surface area (Å²) in [7, 11) is 1.34. The zero-order valence-corrected chi connectivity index (χ0v) is 26.7. The number of nitrogens with zero attached hydrogens (tertiary/aromatic N) is 2. The van der Waals surface area contributed by atoms with Crippen molar-refractivity contribution >= 4 is 74.4 Å². The van der Waals surface area contributed by atoms with Crippen LogP contribution >= 0.6 is 39.1 Å². The van der Waals surface area contributed by atoms with Crippen LogP contribution in [0, 0.1) is 23.6 Å². The highest BCUT2D eigenvalue weighted by Crippen LogP contribution is 2.66. The van der Waals surface area contributed by atoms with E-state index in [1.807, 2.05) is 0 Å². The third-order valence-electron chi connectivity index (χ3n) is 9.36. The van der Waals surface area contributed by atoms with E-state index in [9.17, 15) is 33.5 Å². The van der Waals surface area contributed by atoms with Crippen LogP contribution in [0.25, 0.3) is 0 Å². The van der Waals surface area contributed by atoms with Crippen LogP contribution in [0.3, 0.4) is 0 Å². The number of amides is 4. The van der Waals surface area contributed by atoms with Gasteiger partial charge < -0.3 is 14.9 Å². The van der Waals surface area contributed by atoms with Gasteiger partial charge in [0, 0.05) is 18.9 Å². The molecule has 6 rings (SSSR count). The molecular formula is C31H26BrCl2FN2O8. The van der Waals surface area contributed by atoms with Gasteiger partial charge in [-0.2, -0.15) is 0 Å². The fraction of sp³-hybridized carbons (Fsp3) is 0.387. The first-order chi connectivity index (χ1) is 21.3. The van der Waals surface area contributed by atoms with Gasteiger partial charge in [-0.3, -0.25) is 28.9 Å². The number of anilines is 1. The van der Waals surface area contributed by atoms with Crippen LogP contribution in [0.1, 0.15) is 37.2 Å². The van der Waals surface area contributed by atoms with E-state index in [-0.39, 0.29) is 53.9 Å². The summed E-state index contributed by atoms with van der Waals surface area (Å²) in [6, 6.07) is 7.70. The van der Waals surface area contributed by atoms with Gasteiger partial charge in [0.05, 0.1) is 29.1 Å². The molecule has 0 bridgehead atoms. The molecule has 4 amide bonds. The summed E-state index contributed by atoms with van der Waals surface area (Å²) in [5.74, 6) is -8.13. The summed E-state index contributed by atoms with van der Waals surface area (Å²) in [4.78, 5) is 64.6. The second-order valence-electron chi connectivity index (χ2n) is 11.6. The van der Waals surface area contributed by atoms with Crippen LogP contribution in [0.15, 0.2) is 52.5 Å². The van der Waals surface area contributed by atoms with Crippen LogP contribution in [-0.2, 0) is 24.0 Å². The molecule has 14 heteroatoms. The molecule has 10 nitrogen and oxygen atoms in total. The average molecular weight is 724 g/mol. The summed E-state index contributed by atoms with van der Waals surface area (Å²) in [6.07, 6.45) is 1.48. The minimum Gasteiger partial charge on any atom is -0.503 e. The summed E-state index contributed by atoms with van der Waals surface area (Å²) in [5, 5.41) is 19.6. The molecular weight excluding hydrogens is 698 g/mol. The molecule has 3 fully saturated rings. The summed E-state index contributed by atoms with van der Waals surface area (Å²) in [6.45, 7) is -0.0776. The Morgan fingerprint density at radius 2 is 1.78 bits per heavy atom. The van der Waals surface area contributed by atoms with Crippen molar-refractivity contribution in [3.8, 4) is 11.5 Å². The number of rotatable bonds is 7. The maximum absolute atomic E-state index is 14.4. The lowest BCUT2D eigenvalue weighted by molar-refractivity contribution is -0.142. The number of methoxy groups -OCH3 is 1. The smallest absolute Gasteiger partial charge is 0.303 e. The van der Waals surface area contributed by atoms with Gasteiger partial charge in [-0.1, -0.05) is 11.6 Å². The second kappa shape index (κ2) is 11.1. The van der Waals surface area contributed by atoms with E-state index in [1.54, 1.807) is 6.08 Å². The number of carbonyl (C=O) groups excluding carboxylic acids is 4. The number of halogens is 4. The molecule has 0 aromatic heterocycles. The Morgan fingerprint density at radius 1 is 1.09 bits per heavy atom. The SMILES string of the molecule is COc1cc([C@H]2C3=CC[C@@H]4C(=O)N(CCCC(=O)O)C(=O)[C@@H]4[C@@H]3C[C@@]3(Cl)C(=O)N(c4ccc(F)cc4)C(=O)[C@@]23Cl)cc(Br)c1O. The van der Waals surface area contributed by atoms with Crippen molar-refractivity contribution in [2.75, 3.05) is 18.6 Å². The van der Waals surface area contributed by atoms with Gasteiger partial charge in [0.25, 0.3) is 11.8 Å². The Morgan fingerprint density at radius 3 is 2.42 bits per heavy atom. The molecule has 2 heterocycles. The highest BCUT2D eigenvalue weighted by atomic mass is 79.9. The largest absolute Gasteiger partial charge is 0.503 e. The summed E-state index contributed by atoms with van der Waals surface area (Å²) < 4.78 is 19.4. The minimum atomic E-state index is -2.15. The molecule has 1 saturated carbocycles. The number of imide groups is 2. The lowest BCUT2D eigenvalue weighted by atomic mass is 9.56. The molecule has 2 saturated heterocycles. The molecule has 236 valence electrons. The van der Waals surface area contributed by atoms with Crippen molar-refractivity contribution in [1.29, 1.82) is 0 Å². The zero-order valence-electron chi connectivity index (χ0n) is 23.6. The van der Waals surface area contributed by atoms with Crippen LogP contribution in [0.4, 0.5) is 10.1 Å². The van der Waals surface area contributed by atoms with Gasteiger partial charge in [0.15, 0.2) is 21.2 Å². The standard InChI is InChI=1S/C31H26BrCl2FN2O8/c1-45-21-12-14(11-20(32)25(21)40)24-17-8-9-18-23(27(42)36(26(18)41)10-2-3-22(38)39)19(17)13-30(33)28(43)37(29(44)31(24,30)34)16-6-4-15(35)5-7-16/h4-8,11-12,18-19,23-24,40H,2-3,9-10,13H2,1H3,(H,38,39)/t18-,19+,23-,24-,30+,31-/m0/s1. The van der Waals surface area contributed by atoms with Crippen molar-refractivity contribution in [3.63, 3.8) is 0 Å². The number of ether oxygens (including phenoxy) is 1. The van der Waals surface area contributed by atoms with E-state index in [1.165, 1.54) is 31.4 Å². The number of likely N-dealkylation sites (tertiary alicyclic amines) is 1. The van der Waals surface area contributed by atoms with E-state index >= 15 is 0 Å². The summed E-state index contributed by atoms with van der Waals surface area (Å²) >= 11 is 18.0. The lowest BCUT2D eigenvalue weighted by Gasteiger charge is -2.50.